The summed E-state index contributed by atoms with van der Waals surface area (Å²) >= 11 is 0. The van der Waals surface area contributed by atoms with E-state index >= 15 is 0 Å². The Hall–Kier alpha value is -3.93. The van der Waals surface area contributed by atoms with Crippen LogP contribution in [0.15, 0.2) is 69.7 Å². The highest BCUT2D eigenvalue weighted by atomic mass is 32.2. The predicted octanol–water partition coefficient (Wildman–Crippen LogP) is 3.93. The van der Waals surface area contributed by atoms with Crippen molar-refractivity contribution in [2.45, 2.75) is 18.7 Å². The number of aromatic nitrogens is 1. The van der Waals surface area contributed by atoms with Gasteiger partial charge in [0.1, 0.15) is 11.8 Å². The number of nitriles is 1. The zero-order valence-electron chi connectivity index (χ0n) is 23.8. The third-order valence-corrected chi connectivity index (χ3v) is 8.05. The van der Waals surface area contributed by atoms with Crippen LogP contribution in [0.5, 0.6) is 0 Å². The third-order valence-electron chi connectivity index (χ3n) is 6.34. The van der Waals surface area contributed by atoms with E-state index in [0.29, 0.717) is 66.9 Å². The minimum absolute atomic E-state index is 0.0283. The molecule has 1 aromatic heterocycles. The lowest BCUT2D eigenvalue weighted by Crippen LogP contribution is -2.31. The van der Waals surface area contributed by atoms with Gasteiger partial charge in [0.25, 0.3) is 0 Å². The van der Waals surface area contributed by atoms with E-state index in [1.807, 2.05) is 42.2 Å². The molecule has 0 atom stereocenters. The first-order chi connectivity index (χ1) is 20.3. The summed E-state index contributed by atoms with van der Waals surface area (Å²) in [5.41, 5.74) is 2.40. The highest BCUT2D eigenvalue weighted by molar-refractivity contribution is 7.91. The zero-order chi connectivity index (χ0) is 30.4. The maximum absolute atomic E-state index is 12.8. The second-order valence-corrected chi connectivity index (χ2v) is 11.3. The molecule has 0 saturated heterocycles. The number of pyridine rings is 1. The van der Waals surface area contributed by atoms with Crippen molar-refractivity contribution >= 4 is 38.5 Å². The number of ether oxygens (including phenoxy) is 1. The van der Waals surface area contributed by atoms with E-state index in [0.717, 1.165) is 5.69 Å². The molecule has 0 aliphatic heterocycles. The molecule has 4 N–H and O–H groups in total. The quantitative estimate of drug-likeness (QED) is 0.132. The molecule has 3 aromatic rings. The van der Waals surface area contributed by atoms with Crippen LogP contribution in [0.4, 0.5) is 28.7 Å². The molecule has 42 heavy (non-hydrogen) atoms. The molecular weight excluding hydrogens is 558 g/mol. The van der Waals surface area contributed by atoms with Crippen molar-refractivity contribution in [3.63, 3.8) is 0 Å². The number of aliphatic hydroxyl groups excluding tert-OH is 2. The molecule has 0 bridgehead atoms. The third kappa shape index (κ3) is 9.30. The number of azo groups is 1. The van der Waals surface area contributed by atoms with Gasteiger partial charge in [-0.1, -0.05) is 25.1 Å². The number of nitrogens with zero attached hydrogens (tertiary/aromatic N) is 5. The van der Waals surface area contributed by atoms with Gasteiger partial charge in [-0.25, -0.2) is 13.4 Å². The Morgan fingerprint density at radius 2 is 1.74 bits per heavy atom. The number of benzene rings is 2. The van der Waals surface area contributed by atoms with Crippen LogP contribution in [-0.4, -0.2) is 86.9 Å². The van der Waals surface area contributed by atoms with Gasteiger partial charge in [-0.15, -0.1) is 5.11 Å². The van der Waals surface area contributed by atoms with E-state index in [1.165, 1.54) is 12.1 Å². The van der Waals surface area contributed by atoms with Crippen molar-refractivity contribution in [1.29, 1.82) is 5.26 Å². The van der Waals surface area contributed by atoms with Gasteiger partial charge in [-0.2, -0.15) is 10.4 Å². The molecule has 2 aromatic carbocycles. The fourth-order valence-electron chi connectivity index (χ4n) is 4.00. The van der Waals surface area contributed by atoms with Crippen LogP contribution in [0.1, 0.15) is 18.1 Å². The van der Waals surface area contributed by atoms with E-state index in [9.17, 15) is 13.7 Å². The molecular formula is C29H37N7O5S. The second kappa shape index (κ2) is 16.5. The summed E-state index contributed by atoms with van der Waals surface area (Å²) in [5.74, 6) is 0.669. The van der Waals surface area contributed by atoms with Crippen LogP contribution in [0.3, 0.4) is 0 Å². The van der Waals surface area contributed by atoms with Crippen molar-refractivity contribution in [1.82, 2.24) is 9.88 Å². The minimum atomic E-state index is -3.52. The van der Waals surface area contributed by atoms with Gasteiger partial charge >= 0.3 is 0 Å². The number of hydrogen-bond acceptors (Lipinski definition) is 12. The monoisotopic (exact) mass is 595 g/mol. The van der Waals surface area contributed by atoms with E-state index < -0.39 is 9.84 Å². The van der Waals surface area contributed by atoms with E-state index in [4.69, 9.17) is 14.9 Å². The molecule has 0 aliphatic rings. The SMILES string of the molecule is CCN(CCO)CCS(=O)(=O)c1ccc(N=Nc2c(NCCOCCO)nc(Nc3ccccc3)c(C#N)c2C)cc1. The maximum atomic E-state index is 12.8. The normalized spacial score (nSPS) is 11.6. The Balaban J connectivity index is 1.86. The van der Waals surface area contributed by atoms with Crippen molar-refractivity contribution in [2.75, 3.05) is 69.0 Å². The Labute approximate surface area is 246 Å². The highest BCUT2D eigenvalue weighted by Gasteiger charge is 2.19. The Morgan fingerprint density at radius 1 is 1.00 bits per heavy atom. The summed E-state index contributed by atoms with van der Waals surface area (Å²) in [5, 5.41) is 43.1. The fraction of sp³-hybridized carbons (Fsp3) is 0.379. The number of nitrogens with one attached hydrogen (secondary N) is 2. The zero-order valence-corrected chi connectivity index (χ0v) is 24.6. The largest absolute Gasteiger partial charge is 0.395 e. The molecule has 1 heterocycles. The van der Waals surface area contributed by atoms with Crippen LogP contribution < -0.4 is 10.6 Å². The molecule has 0 radical (unpaired) electrons. The summed E-state index contributed by atoms with van der Waals surface area (Å²) in [4.78, 5) is 6.67. The molecule has 0 unspecified atom stereocenters. The molecule has 0 spiro atoms. The van der Waals surface area contributed by atoms with Crippen LogP contribution in [0.25, 0.3) is 0 Å². The van der Waals surface area contributed by atoms with Gasteiger partial charge in [0.2, 0.25) is 0 Å². The van der Waals surface area contributed by atoms with E-state index in [1.54, 1.807) is 19.1 Å². The average Bonchev–Trinajstić information content (AvgIpc) is 2.99. The molecule has 224 valence electrons. The Bertz CT molecular complexity index is 1460. The molecule has 0 fully saturated rings. The first-order valence-electron chi connectivity index (χ1n) is 13.6. The summed E-state index contributed by atoms with van der Waals surface area (Å²) in [6.07, 6.45) is 0. The van der Waals surface area contributed by atoms with Gasteiger partial charge in [0.15, 0.2) is 21.5 Å². The minimum Gasteiger partial charge on any atom is -0.395 e. The molecule has 0 saturated carbocycles. The number of para-hydroxylation sites is 1. The van der Waals surface area contributed by atoms with Crippen LogP contribution in [0.2, 0.25) is 0 Å². The number of anilines is 3. The van der Waals surface area contributed by atoms with Gasteiger partial charge in [0.05, 0.1) is 48.3 Å². The summed E-state index contributed by atoms with van der Waals surface area (Å²) < 4.78 is 31.0. The topological polar surface area (TPSA) is 173 Å². The average molecular weight is 596 g/mol. The number of aliphatic hydroxyl groups is 2. The summed E-state index contributed by atoms with van der Waals surface area (Å²) in [7, 11) is -3.52. The number of sulfone groups is 1. The van der Waals surface area contributed by atoms with Gasteiger partial charge in [-0.05, 0) is 49.9 Å². The number of rotatable bonds is 17. The smallest absolute Gasteiger partial charge is 0.179 e. The lowest BCUT2D eigenvalue weighted by atomic mass is 10.1. The van der Waals surface area contributed by atoms with Gasteiger partial charge < -0.3 is 30.5 Å². The fourth-order valence-corrected chi connectivity index (χ4v) is 5.28. The highest BCUT2D eigenvalue weighted by Crippen LogP contribution is 2.35. The van der Waals surface area contributed by atoms with Crippen LogP contribution in [0, 0.1) is 18.3 Å². The van der Waals surface area contributed by atoms with Crippen molar-refractivity contribution < 1.29 is 23.4 Å². The molecule has 0 amide bonds. The summed E-state index contributed by atoms with van der Waals surface area (Å²) in [6, 6.07) is 17.7. The Kier molecular flexibility index (Phi) is 12.8. The van der Waals surface area contributed by atoms with Crippen LogP contribution >= 0.6 is 0 Å². The standard InChI is InChI=1S/C29H37N7O5S/c1-3-36(14-16-37)15-20-42(39,40)25-11-9-24(10-12-25)34-35-27-22(2)26(21-30)28(32-23-7-5-4-6-8-23)33-29(27)31-13-18-41-19-17-38/h4-12,37-38H,3,13-20H2,1-2H3,(H2,31,32,33). The predicted molar refractivity (Wildman–Crippen MR) is 162 cm³/mol. The Morgan fingerprint density at radius 3 is 2.38 bits per heavy atom. The second-order valence-electron chi connectivity index (χ2n) is 9.19. The molecule has 0 aliphatic carbocycles. The van der Waals surface area contributed by atoms with Crippen LogP contribution in [-0.2, 0) is 14.6 Å². The molecule has 13 heteroatoms. The van der Waals surface area contributed by atoms with Gasteiger partial charge in [0, 0.05) is 30.9 Å². The molecule has 3 rings (SSSR count). The van der Waals surface area contributed by atoms with Crippen molar-refractivity contribution in [3.8, 4) is 6.07 Å². The lowest BCUT2D eigenvalue weighted by molar-refractivity contribution is 0.0992. The number of likely N-dealkylation sites (N-methyl/N-ethyl adjacent to an activating group) is 1. The number of hydrogen-bond donors (Lipinski definition) is 4. The van der Waals surface area contributed by atoms with E-state index in [2.05, 4.69) is 31.9 Å². The van der Waals surface area contributed by atoms with Gasteiger partial charge in [-0.3, -0.25) is 0 Å². The molecule has 12 nitrogen and oxygen atoms in total. The summed E-state index contributed by atoms with van der Waals surface area (Å²) in [6.45, 7) is 5.83. The maximum Gasteiger partial charge on any atom is 0.179 e. The van der Waals surface area contributed by atoms with E-state index in [-0.39, 0.29) is 30.5 Å². The lowest BCUT2D eigenvalue weighted by Gasteiger charge is -2.18. The first-order valence-corrected chi connectivity index (χ1v) is 15.2. The van der Waals surface area contributed by atoms with Crippen molar-refractivity contribution in [3.05, 3.63) is 65.7 Å². The first kappa shape index (κ1) is 32.6. The van der Waals surface area contributed by atoms with Crippen molar-refractivity contribution in [2.24, 2.45) is 10.2 Å².